The van der Waals surface area contributed by atoms with Crippen molar-refractivity contribution >= 4 is 21.7 Å². The van der Waals surface area contributed by atoms with Gasteiger partial charge in [-0.25, -0.2) is 13.2 Å². The first-order valence-corrected chi connectivity index (χ1v) is 9.69. The summed E-state index contributed by atoms with van der Waals surface area (Å²) >= 11 is 0. The summed E-state index contributed by atoms with van der Waals surface area (Å²) < 4.78 is 49.2. The molecule has 0 radical (unpaired) electrons. The number of sulfonamides is 1. The highest BCUT2D eigenvalue weighted by molar-refractivity contribution is 7.92. The third-order valence-corrected chi connectivity index (χ3v) is 5.60. The lowest BCUT2D eigenvalue weighted by atomic mass is 10.1. The van der Waals surface area contributed by atoms with Gasteiger partial charge in [-0.2, -0.15) is 0 Å². The number of rotatable bonds is 7. The molecule has 0 saturated heterocycles. The summed E-state index contributed by atoms with van der Waals surface area (Å²) in [5.74, 6) is -0.445. The predicted octanol–water partition coefficient (Wildman–Crippen LogP) is 2.92. The number of methoxy groups -OCH3 is 4. The number of esters is 1. The number of carbonyl (C=O) groups excluding carboxylic acids is 1. The lowest BCUT2D eigenvalue weighted by Gasteiger charge is -2.20. The maximum Gasteiger partial charge on any atom is 0.340 e. The molecule has 0 bridgehead atoms. The normalized spacial score (nSPS) is 10.9. The molecule has 2 aromatic rings. The van der Waals surface area contributed by atoms with E-state index in [2.05, 4.69) is 4.72 Å². The van der Waals surface area contributed by atoms with Gasteiger partial charge in [0, 0.05) is 6.07 Å². The van der Waals surface area contributed by atoms with Gasteiger partial charge in [-0.05, 0) is 31.0 Å². The molecule has 0 fully saturated rings. The molecule has 152 valence electrons. The molecule has 28 heavy (non-hydrogen) atoms. The minimum Gasteiger partial charge on any atom is -0.493 e. The van der Waals surface area contributed by atoms with Crippen LogP contribution in [0.1, 0.15) is 21.5 Å². The fraction of sp³-hybridized carbons (Fsp3) is 0.316. The topological polar surface area (TPSA) is 100 Å². The van der Waals surface area contributed by atoms with E-state index in [0.29, 0.717) is 5.56 Å². The Kier molecular flexibility index (Phi) is 6.40. The average molecular weight is 409 g/mol. The molecule has 1 N–H and O–H groups in total. The van der Waals surface area contributed by atoms with Crippen LogP contribution in [0.2, 0.25) is 0 Å². The third-order valence-electron chi connectivity index (χ3n) is 4.10. The minimum atomic E-state index is -4.04. The molecule has 0 aliphatic rings. The van der Waals surface area contributed by atoms with Crippen LogP contribution in [0.3, 0.4) is 0 Å². The molecule has 0 aliphatic heterocycles. The van der Waals surface area contributed by atoms with Crippen LogP contribution < -0.4 is 18.9 Å². The Labute approximate surface area is 164 Å². The van der Waals surface area contributed by atoms with E-state index in [1.807, 2.05) is 6.07 Å². The summed E-state index contributed by atoms with van der Waals surface area (Å²) in [6.45, 7) is 3.47. The van der Waals surface area contributed by atoms with Crippen LogP contribution in [-0.2, 0) is 14.8 Å². The Balaban J connectivity index is 2.75. The Morgan fingerprint density at radius 2 is 1.57 bits per heavy atom. The van der Waals surface area contributed by atoms with E-state index in [0.717, 1.165) is 5.56 Å². The second-order valence-corrected chi connectivity index (χ2v) is 7.58. The number of aryl methyl sites for hydroxylation is 2. The van der Waals surface area contributed by atoms with Crippen LogP contribution in [0.5, 0.6) is 17.2 Å². The lowest BCUT2D eigenvalue weighted by Crippen LogP contribution is -2.18. The number of benzene rings is 2. The lowest BCUT2D eigenvalue weighted by molar-refractivity contribution is 0.0601. The van der Waals surface area contributed by atoms with Crippen LogP contribution in [-0.4, -0.2) is 42.8 Å². The number of anilines is 1. The van der Waals surface area contributed by atoms with Gasteiger partial charge < -0.3 is 18.9 Å². The fourth-order valence-electron chi connectivity index (χ4n) is 2.71. The van der Waals surface area contributed by atoms with E-state index in [1.165, 1.54) is 34.5 Å². The molecule has 2 rings (SSSR count). The molecule has 9 heteroatoms. The monoisotopic (exact) mass is 409 g/mol. The Bertz CT molecular complexity index is 1000. The van der Waals surface area contributed by atoms with Crippen LogP contribution in [0.4, 0.5) is 5.69 Å². The van der Waals surface area contributed by atoms with Gasteiger partial charge in [0.2, 0.25) is 5.75 Å². The third kappa shape index (κ3) is 3.99. The molecule has 2 aromatic carbocycles. The second kappa shape index (κ2) is 8.39. The molecule has 8 nitrogen and oxygen atoms in total. The first-order chi connectivity index (χ1) is 13.2. The van der Waals surface area contributed by atoms with Gasteiger partial charge in [0.1, 0.15) is 5.69 Å². The van der Waals surface area contributed by atoms with Crippen molar-refractivity contribution in [2.45, 2.75) is 18.7 Å². The molecule has 0 amide bonds. The molecule has 0 heterocycles. The van der Waals surface area contributed by atoms with Crippen LogP contribution in [0.25, 0.3) is 0 Å². The number of nitrogens with one attached hydrogen (secondary N) is 1. The largest absolute Gasteiger partial charge is 0.493 e. The SMILES string of the molecule is COC(=O)c1cc(OC)c(OC)c(OC)c1NS(=O)(=O)c1cc(C)ccc1C. The highest BCUT2D eigenvalue weighted by atomic mass is 32.2. The zero-order valence-electron chi connectivity index (χ0n) is 16.6. The van der Waals surface area contributed by atoms with Gasteiger partial charge >= 0.3 is 5.97 Å². The maximum absolute atomic E-state index is 13.1. The van der Waals surface area contributed by atoms with Gasteiger partial charge in [-0.1, -0.05) is 12.1 Å². The van der Waals surface area contributed by atoms with Gasteiger partial charge in [0.25, 0.3) is 10.0 Å². The number of hydrogen-bond donors (Lipinski definition) is 1. The molecular weight excluding hydrogens is 386 g/mol. The van der Waals surface area contributed by atoms with E-state index in [-0.39, 0.29) is 33.4 Å². The minimum absolute atomic E-state index is 0.00358. The van der Waals surface area contributed by atoms with Crippen molar-refractivity contribution in [2.75, 3.05) is 33.2 Å². The standard InChI is InChI=1S/C19H23NO7S/c1-11-7-8-12(2)15(9-11)28(22,23)20-16-13(19(21)27-6)10-14(24-3)17(25-4)18(16)26-5/h7-10,20H,1-6H3. The van der Waals surface area contributed by atoms with E-state index < -0.39 is 16.0 Å². The summed E-state index contributed by atoms with van der Waals surface area (Å²) in [6.07, 6.45) is 0. The van der Waals surface area contributed by atoms with E-state index >= 15 is 0 Å². The molecule has 0 spiro atoms. The fourth-order valence-corrected chi connectivity index (χ4v) is 4.13. The summed E-state index contributed by atoms with van der Waals surface area (Å²) in [7, 11) is 1.24. The van der Waals surface area contributed by atoms with Crippen molar-refractivity contribution in [3.63, 3.8) is 0 Å². The van der Waals surface area contributed by atoms with Gasteiger partial charge in [-0.3, -0.25) is 4.72 Å². The van der Waals surface area contributed by atoms with Crippen LogP contribution in [0, 0.1) is 13.8 Å². The van der Waals surface area contributed by atoms with Crippen molar-refractivity contribution in [1.82, 2.24) is 0 Å². The Hall–Kier alpha value is -2.94. The van der Waals surface area contributed by atoms with Crippen molar-refractivity contribution in [2.24, 2.45) is 0 Å². The van der Waals surface area contributed by atoms with Gasteiger partial charge in [0.05, 0.1) is 38.9 Å². The van der Waals surface area contributed by atoms with Crippen molar-refractivity contribution in [3.05, 3.63) is 41.0 Å². The highest BCUT2D eigenvalue weighted by Crippen LogP contribution is 2.46. The highest BCUT2D eigenvalue weighted by Gasteiger charge is 2.29. The number of ether oxygens (including phenoxy) is 4. The van der Waals surface area contributed by atoms with Crippen molar-refractivity contribution < 1.29 is 32.2 Å². The number of hydrogen-bond acceptors (Lipinski definition) is 7. The Morgan fingerprint density at radius 1 is 0.929 bits per heavy atom. The van der Waals surface area contributed by atoms with E-state index in [4.69, 9.17) is 18.9 Å². The summed E-state index contributed by atoms with van der Waals surface area (Å²) in [5.41, 5.74) is 1.15. The maximum atomic E-state index is 13.1. The average Bonchev–Trinajstić information content (AvgIpc) is 2.68. The zero-order valence-corrected chi connectivity index (χ0v) is 17.4. The second-order valence-electron chi connectivity index (χ2n) is 5.93. The van der Waals surface area contributed by atoms with Gasteiger partial charge in [0.15, 0.2) is 11.5 Å². The van der Waals surface area contributed by atoms with Crippen LogP contribution in [0.15, 0.2) is 29.2 Å². The van der Waals surface area contributed by atoms with E-state index in [1.54, 1.807) is 26.0 Å². The molecule has 0 saturated carbocycles. The molecule has 0 aliphatic carbocycles. The number of carbonyl (C=O) groups is 1. The summed E-state index contributed by atoms with van der Waals surface area (Å²) in [5, 5.41) is 0. The molecule has 0 aromatic heterocycles. The first-order valence-electron chi connectivity index (χ1n) is 8.21. The molecular formula is C19H23NO7S. The molecule has 0 atom stereocenters. The predicted molar refractivity (Wildman–Crippen MR) is 104 cm³/mol. The van der Waals surface area contributed by atoms with Crippen molar-refractivity contribution in [3.8, 4) is 17.2 Å². The van der Waals surface area contributed by atoms with E-state index in [9.17, 15) is 13.2 Å². The molecule has 0 unspecified atom stereocenters. The summed E-state index contributed by atoms with van der Waals surface area (Å²) in [4.78, 5) is 12.4. The van der Waals surface area contributed by atoms with Gasteiger partial charge in [-0.15, -0.1) is 0 Å². The van der Waals surface area contributed by atoms with Crippen LogP contribution >= 0.6 is 0 Å². The Morgan fingerprint density at radius 3 is 2.11 bits per heavy atom. The quantitative estimate of drug-likeness (QED) is 0.702. The van der Waals surface area contributed by atoms with Crippen molar-refractivity contribution in [1.29, 1.82) is 0 Å². The summed E-state index contributed by atoms with van der Waals surface area (Å²) in [6, 6.07) is 6.39. The first kappa shape index (κ1) is 21.4. The zero-order chi connectivity index (χ0) is 21.1. The smallest absolute Gasteiger partial charge is 0.340 e.